The van der Waals surface area contributed by atoms with Crippen molar-refractivity contribution in [2.24, 2.45) is 0 Å². The molecule has 2 heterocycles. The number of aromatic nitrogens is 3. The van der Waals surface area contributed by atoms with Crippen LogP contribution >= 0.6 is 0 Å². The van der Waals surface area contributed by atoms with E-state index in [0.29, 0.717) is 12.0 Å². The fourth-order valence-electron chi connectivity index (χ4n) is 3.35. The van der Waals surface area contributed by atoms with E-state index in [1.54, 1.807) is 13.3 Å². The van der Waals surface area contributed by atoms with Gasteiger partial charge in [-0.3, -0.25) is 0 Å². The van der Waals surface area contributed by atoms with E-state index in [0.717, 1.165) is 37.5 Å². The van der Waals surface area contributed by atoms with Crippen LogP contribution in [0.15, 0.2) is 30.5 Å². The number of methoxy groups -OCH3 is 1. The normalized spacial score (nSPS) is 17.4. The zero-order valence-electron chi connectivity index (χ0n) is 15.1. The van der Waals surface area contributed by atoms with Crippen molar-refractivity contribution in [1.29, 1.82) is 0 Å². The van der Waals surface area contributed by atoms with E-state index in [9.17, 15) is 0 Å². The van der Waals surface area contributed by atoms with Crippen LogP contribution in [0, 0.1) is 0 Å². The van der Waals surface area contributed by atoms with Crippen LogP contribution in [0.4, 0.5) is 11.8 Å². The summed E-state index contributed by atoms with van der Waals surface area (Å²) in [6.45, 7) is 4.07. The molecule has 0 amide bonds. The van der Waals surface area contributed by atoms with Crippen LogP contribution in [0.3, 0.4) is 0 Å². The van der Waals surface area contributed by atoms with E-state index < -0.39 is 0 Å². The fraction of sp³-hybridized carbons (Fsp3) is 0.526. The molecule has 1 saturated heterocycles. The van der Waals surface area contributed by atoms with Crippen LogP contribution in [0.1, 0.15) is 38.2 Å². The molecule has 0 aliphatic carbocycles. The lowest BCUT2D eigenvalue weighted by molar-refractivity contribution is 0.414. The minimum Gasteiger partial charge on any atom is -0.497 e. The van der Waals surface area contributed by atoms with Gasteiger partial charge in [0, 0.05) is 19.1 Å². The highest BCUT2D eigenvalue weighted by Crippen LogP contribution is 2.24. The van der Waals surface area contributed by atoms with Crippen LogP contribution < -0.4 is 15.0 Å². The molecule has 25 heavy (non-hydrogen) atoms. The maximum atomic E-state index is 5.18. The van der Waals surface area contributed by atoms with Gasteiger partial charge < -0.3 is 15.0 Å². The van der Waals surface area contributed by atoms with Gasteiger partial charge in [0.2, 0.25) is 5.95 Å². The first-order valence-electron chi connectivity index (χ1n) is 9.13. The van der Waals surface area contributed by atoms with Gasteiger partial charge >= 0.3 is 0 Å². The number of benzene rings is 1. The Hall–Kier alpha value is -2.37. The minimum absolute atomic E-state index is 0.567. The number of rotatable bonds is 7. The molecule has 1 aromatic heterocycles. The summed E-state index contributed by atoms with van der Waals surface area (Å²) in [5.74, 6) is 2.42. The molecule has 3 rings (SSSR count). The average Bonchev–Trinajstić information content (AvgIpc) is 2.69. The van der Waals surface area contributed by atoms with Crippen molar-refractivity contribution in [2.45, 2.75) is 45.1 Å². The van der Waals surface area contributed by atoms with Crippen molar-refractivity contribution in [2.75, 3.05) is 30.4 Å². The van der Waals surface area contributed by atoms with E-state index in [-0.39, 0.29) is 0 Å². The third-order valence-electron chi connectivity index (χ3n) is 4.79. The Balaban J connectivity index is 1.57. The van der Waals surface area contributed by atoms with Gasteiger partial charge in [-0.25, -0.2) is 0 Å². The number of hydrogen-bond acceptors (Lipinski definition) is 6. The molecule has 1 atom stereocenters. The Morgan fingerprint density at radius 1 is 1.24 bits per heavy atom. The van der Waals surface area contributed by atoms with Crippen LogP contribution in [0.25, 0.3) is 0 Å². The second-order valence-corrected chi connectivity index (χ2v) is 6.41. The smallest absolute Gasteiger partial charge is 0.244 e. The first-order chi connectivity index (χ1) is 12.3. The molecule has 1 aliphatic heterocycles. The summed E-state index contributed by atoms with van der Waals surface area (Å²) < 4.78 is 5.18. The quantitative estimate of drug-likeness (QED) is 0.834. The first-order valence-corrected chi connectivity index (χ1v) is 9.13. The lowest BCUT2D eigenvalue weighted by atomic mass is 10.0. The minimum atomic E-state index is 0.567. The van der Waals surface area contributed by atoms with Gasteiger partial charge in [-0.1, -0.05) is 19.1 Å². The number of nitrogens with one attached hydrogen (secondary N) is 1. The predicted octanol–water partition coefficient (Wildman–Crippen LogP) is 3.30. The maximum Gasteiger partial charge on any atom is 0.244 e. The molecule has 1 unspecified atom stereocenters. The van der Waals surface area contributed by atoms with Crippen LogP contribution in [-0.4, -0.2) is 41.4 Å². The lowest BCUT2D eigenvalue weighted by Crippen LogP contribution is -2.39. The Kier molecular flexibility index (Phi) is 6.04. The van der Waals surface area contributed by atoms with Gasteiger partial charge in [-0.2, -0.15) is 10.1 Å². The maximum absolute atomic E-state index is 5.18. The van der Waals surface area contributed by atoms with Gasteiger partial charge in [-0.05, 0) is 49.8 Å². The van der Waals surface area contributed by atoms with Gasteiger partial charge in [0.15, 0.2) is 5.82 Å². The molecule has 2 aromatic rings. The number of ether oxygens (including phenoxy) is 1. The molecule has 134 valence electrons. The summed E-state index contributed by atoms with van der Waals surface area (Å²) in [7, 11) is 1.68. The zero-order chi connectivity index (χ0) is 17.5. The molecule has 0 spiro atoms. The molecular formula is C19H27N5O. The lowest BCUT2D eigenvalue weighted by Gasteiger charge is -2.35. The van der Waals surface area contributed by atoms with Crippen LogP contribution in [0.2, 0.25) is 0 Å². The summed E-state index contributed by atoms with van der Waals surface area (Å²) in [5.41, 5.74) is 1.25. The van der Waals surface area contributed by atoms with Crippen molar-refractivity contribution in [3.8, 4) is 5.75 Å². The van der Waals surface area contributed by atoms with Crippen molar-refractivity contribution in [3.05, 3.63) is 36.0 Å². The largest absolute Gasteiger partial charge is 0.497 e. The zero-order valence-corrected chi connectivity index (χ0v) is 15.1. The molecule has 6 nitrogen and oxygen atoms in total. The third-order valence-corrected chi connectivity index (χ3v) is 4.79. The highest BCUT2D eigenvalue weighted by molar-refractivity contribution is 5.42. The molecule has 1 aromatic carbocycles. The molecular weight excluding hydrogens is 314 g/mol. The summed E-state index contributed by atoms with van der Waals surface area (Å²) in [6.07, 6.45) is 7.59. The second kappa shape index (κ2) is 8.65. The number of piperidine rings is 1. The Labute approximate surface area is 149 Å². The van der Waals surface area contributed by atoms with Gasteiger partial charge in [0.05, 0.1) is 13.3 Å². The highest BCUT2D eigenvalue weighted by atomic mass is 16.5. The molecule has 0 radical (unpaired) electrons. The van der Waals surface area contributed by atoms with E-state index in [4.69, 9.17) is 4.74 Å². The van der Waals surface area contributed by atoms with Crippen molar-refractivity contribution >= 4 is 11.8 Å². The average molecular weight is 341 g/mol. The Morgan fingerprint density at radius 3 is 2.84 bits per heavy atom. The van der Waals surface area contributed by atoms with E-state index >= 15 is 0 Å². The van der Waals surface area contributed by atoms with Crippen molar-refractivity contribution in [1.82, 2.24) is 15.2 Å². The van der Waals surface area contributed by atoms with Crippen LogP contribution in [0.5, 0.6) is 5.75 Å². The molecule has 0 saturated carbocycles. The van der Waals surface area contributed by atoms with Crippen LogP contribution in [-0.2, 0) is 6.42 Å². The van der Waals surface area contributed by atoms with E-state index in [1.165, 1.54) is 24.8 Å². The second-order valence-electron chi connectivity index (χ2n) is 6.41. The van der Waals surface area contributed by atoms with Gasteiger partial charge in [0.1, 0.15) is 5.75 Å². The molecule has 1 N–H and O–H groups in total. The number of hydrogen-bond donors (Lipinski definition) is 1. The predicted molar refractivity (Wildman–Crippen MR) is 100 cm³/mol. The summed E-state index contributed by atoms with van der Waals surface area (Å²) in [6, 6.07) is 8.69. The van der Waals surface area contributed by atoms with Crippen molar-refractivity contribution < 1.29 is 4.74 Å². The summed E-state index contributed by atoms with van der Waals surface area (Å²) in [4.78, 5) is 7.06. The summed E-state index contributed by atoms with van der Waals surface area (Å²) in [5, 5.41) is 11.6. The molecule has 1 fully saturated rings. The Bertz CT molecular complexity index is 661. The van der Waals surface area contributed by atoms with E-state index in [1.807, 2.05) is 12.1 Å². The van der Waals surface area contributed by atoms with E-state index in [2.05, 4.69) is 44.5 Å². The number of anilines is 2. The Morgan fingerprint density at radius 2 is 2.08 bits per heavy atom. The highest BCUT2D eigenvalue weighted by Gasteiger charge is 2.22. The van der Waals surface area contributed by atoms with Gasteiger partial charge in [0.25, 0.3) is 0 Å². The SMILES string of the molecule is CCC1CCCCN1c1cnnc(NCCc2ccc(OC)cc2)n1. The topological polar surface area (TPSA) is 63.2 Å². The van der Waals surface area contributed by atoms with Gasteiger partial charge in [-0.15, -0.1) is 5.10 Å². The number of nitrogens with zero attached hydrogens (tertiary/aromatic N) is 4. The molecule has 1 aliphatic rings. The first kappa shape index (κ1) is 17.5. The summed E-state index contributed by atoms with van der Waals surface area (Å²) >= 11 is 0. The molecule has 0 bridgehead atoms. The standard InChI is InChI=1S/C19H27N5O/c1-3-16-6-4-5-13-24(16)18-14-21-23-19(22-18)20-12-11-15-7-9-17(25-2)10-8-15/h7-10,14,16H,3-6,11-13H2,1-2H3,(H,20,22,23). The molecule has 6 heteroatoms. The monoisotopic (exact) mass is 341 g/mol. The third kappa shape index (κ3) is 4.59. The fourth-order valence-corrected chi connectivity index (χ4v) is 3.35. The van der Waals surface area contributed by atoms with Crippen molar-refractivity contribution in [3.63, 3.8) is 0 Å².